The van der Waals surface area contributed by atoms with E-state index in [0.717, 1.165) is 49.7 Å². The fourth-order valence-corrected chi connectivity index (χ4v) is 13.5. The average molecular weight is 1310 g/mol. The summed E-state index contributed by atoms with van der Waals surface area (Å²) in [4.78, 5) is 55.1. The second-order valence-electron chi connectivity index (χ2n) is 28.0. The lowest BCUT2D eigenvalue weighted by Gasteiger charge is -2.26. The molecule has 1 aromatic heterocycles. The molecule has 1 saturated heterocycles. The summed E-state index contributed by atoms with van der Waals surface area (Å²) in [6.07, 6.45) is 62.8. The zero-order chi connectivity index (χ0) is 67.2. The van der Waals surface area contributed by atoms with E-state index >= 15 is 0 Å². The van der Waals surface area contributed by atoms with Crippen molar-refractivity contribution in [3.05, 3.63) is 86.2 Å². The molecule has 2 aromatic carbocycles. The van der Waals surface area contributed by atoms with E-state index in [1.807, 2.05) is 49.4 Å². The first-order valence-corrected chi connectivity index (χ1v) is 39.8. The van der Waals surface area contributed by atoms with Gasteiger partial charge in [0.25, 0.3) is 5.56 Å². The van der Waals surface area contributed by atoms with E-state index < -0.39 is 41.7 Å². The van der Waals surface area contributed by atoms with Crippen molar-refractivity contribution in [3.63, 3.8) is 0 Å². The van der Waals surface area contributed by atoms with Crippen LogP contribution in [0.3, 0.4) is 0 Å². The molecule has 2 N–H and O–H groups in total. The molecule has 4 unspecified atom stereocenters. The number of aromatic nitrogens is 2. The number of amides is 1. The Hall–Kier alpha value is -4.58. The number of aromatic amines is 1. The number of hydrogen-bond acceptors (Lipinski definition) is 9. The van der Waals surface area contributed by atoms with Crippen LogP contribution in [0.15, 0.2) is 58.3 Å². The number of H-pyrrole nitrogens is 1. The number of hydrogen-bond donors (Lipinski definition) is 2. The van der Waals surface area contributed by atoms with Crippen LogP contribution in [0, 0.1) is 6.92 Å². The fraction of sp³-hybridized carbons (Fsp3) is 0.780. The molecule has 1 aliphatic heterocycles. The predicted molar refractivity (Wildman–Crippen MR) is 392 cm³/mol. The highest BCUT2D eigenvalue weighted by molar-refractivity contribution is 5.82. The van der Waals surface area contributed by atoms with E-state index in [2.05, 4.69) is 31.1 Å². The van der Waals surface area contributed by atoms with Gasteiger partial charge in [0, 0.05) is 30.2 Å². The first-order valence-electron chi connectivity index (χ1n) is 39.8. The smallest absolute Gasteiger partial charge is 0.330 e. The van der Waals surface area contributed by atoms with Crippen molar-refractivity contribution in [2.24, 2.45) is 0 Å². The summed E-state index contributed by atoms with van der Waals surface area (Å²) in [5, 5.41) is 3.32. The highest BCUT2D eigenvalue weighted by Gasteiger charge is 2.38. The van der Waals surface area contributed by atoms with E-state index in [1.54, 1.807) is 6.92 Å². The topological polar surface area (TPSA) is 147 Å². The third kappa shape index (κ3) is 37.2. The summed E-state index contributed by atoms with van der Waals surface area (Å²) in [5.41, 5.74) is 1.01. The Labute approximate surface area is 573 Å². The fourth-order valence-electron chi connectivity index (χ4n) is 13.5. The minimum atomic E-state index is -0.709. The number of carbonyl (C=O) groups excluding carboxylic acids is 2. The van der Waals surface area contributed by atoms with Gasteiger partial charge in [0.1, 0.15) is 12.3 Å². The molecule has 94 heavy (non-hydrogen) atoms. The Bertz CT molecular complexity index is 2440. The molecule has 2 heterocycles. The van der Waals surface area contributed by atoms with Crippen molar-refractivity contribution in [2.45, 2.75) is 393 Å². The molecule has 4 atom stereocenters. The molecule has 1 aliphatic rings. The Balaban J connectivity index is 1.44. The number of esters is 1. The molecule has 12 nitrogen and oxygen atoms in total. The molecule has 4 rings (SSSR count). The van der Waals surface area contributed by atoms with E-state index in [1.165, 1.54) is 280 Å². The molecule has 0 bridgehead atoms. The van der Waals surface area contributed by atoms with Crippen LogP contribution < -0.4 is 30.8 Å². The molecule has 1 fully saturated rings. The predicted octanol–water partition coefficient (Wildman–Crippen LogP) is 23.1. The lowest BCUT2D eigenvalue weighted by atomic mass is 9.96. The van der Waals surface area contributed by atoms with Crippen molar-refractivity contribution in [2.75, 3.05) is 19.8 Å². The van der Waals surface area contributed by atoms with Crippen LogP contribution in [-0.4, -0.2) is 53.5 Å². The molecule has 0 aliphatic carbocycles. The van der Waals surface area contributed by atoms with Gasteiger partial charge in [0.05, 0.1) is 38.4 Å². The maximum absolute atomic E-state index is 14.3. The third-order valence-electron chi connectivity index (χ3n) is 19.5. The summed E-state index contributed by atoms with van der Waals surface area (Å²) in [6, 6.07) is 13.4. The molecule has 12 heteroatoms. The number of rotatable bonds is 63. The van der Waals surface area contributed by atoms with Crippen LogP contribution in [0.1, 0.15) is 391 Å². The van der Waals surface area contributed by atoms with E-state index in [9.17, 15) is 19.2 Å². The van der Waals surface area contributed by atoms with Crippen LogP contribution >= 0.6 is 0 Å². The van der Waals surface area contributed by atoms with Gasteiger partial charge >= 0.3 is 11.7 Å². The Morgan fingerprint density at radius 1 is 0.489 bits per heavy atom. The van der Waals surface area contributed by atoms with Gasteiger partial charge in [-0.3, -0.25) is 23.9 Å². The largest absolute Gasteiger partial charge is 0.490 e. The number of aryl methyl sites for hydroxylation is 1. The highest BCUT2D eigenvalue weighted by Crippen LogP contribution is 2.45. The second-order valence-corrected chi connectivity index (χ2v) is 28.0. The molecular formula is C82H139N3O9. The average Bonchev–Trinajstić information content (AvgIpc) is 1.01. The monoisotopic (exact) mass is 1310 g/mol. The minimum absolute atomic E-state index is 0.104. The summed E-state index contributed by atoms with van der Waals surface area (Å²) in [7, 11) is 0. The van der Waals surface area contributed by atoms with Crippen LogP contribution in [0.2, 0.25) is 0 Å². The lowest BCUT2D eigenvalue weighted by Crippen LogP contribution is -2.33. The normalized spacial score (nSPS) is 15.0. The van der Waals surface area contributed by atoms with Crippen LogP contribution in [-0.2, 0) is 19.1 Å². The number of carbonyl (C=O) groups is 2. The van der Waals surface area contributed by atoms with Gasteiger partial charge in [-0.05, 0) is 50.3 Å². The van der Waals surface area contributed by atoms with Gasteiger partial charge in [-0.25, -0.2) is 4.79 Å². The minimum Gasteiger partial charge on any atom is -0.490 e. The quantitative estimate of drug-likeness (QED) is 0.0416. The number of nitrogens with one attached hydrogen (secondary N) is 2. The summed E-state index contributed by atoms with van der Waals surface area (Å²) in [6.45, 7) is 12.1. The maximum atomic E-state index is 14.3. The van der Waals surface area contributed by atoms with Crippen molar-refractivity contribution in [1.29, 1.82) is 0 Å². The summed E-state index contributed by atoms with van der Waals surface area (Å²) < 4.78 is 34.2. The van der Waals surface area contributed by atoms with Gasteiger partial charge in [-0.2, -0.15) is 0 Å². The third-order valence-corrected chi connectivity index (χ3v) is 19.5. The van der Waals surface area contributed by atoms with Crippen molar-refractivity contribution >= 4 is 11.9 Å². The first kappa shape index (κ1) is 81.8. The number of ether oxygens (including phenoxy) is 5. The van der Waals surface area contributed by atoms with Crippen molar-refractivity contribution in [3.8, 4) is 17.2 Å². The van der Waals surface area contributed by atoms with Gasteiger partial charge in [-0.15, -0.1) is 0 Å². The zero-order valence-corrected chi connectivity index (χ0v) is 60.9. The molecule has 3 aromatic rings. The Morgan fingerprint density at radius 2 is 0.872 bits per heavy atom. The van der Waals surface area contributed by atoms with E-state index in [4.69, 9.17) is 23.7 Å². The maximum Gasteiger partial charge on any atom is 0.330 e. The summed E-state index contributed by atoms with van der Waals surface area (Å²) in [5.74, 6) is 1.05. The van der Waals surface area contributed by atoms with Crippen molar-refractivity contribution in [1.82, 2.24) is 14.9 Å². The van der Waals surface area contributed by atoms with E-state index in [-0.39, 0.29) is 25.2 Å². The van der Waals surface area contributed by atoms with Crippen molar-refractivity contribution < 1.29 is 33.3 Å². The van der Waals surface area contributed by atoms with Crippen LogP contribution in [0.25, 0.3) is 0 Å². The number of nitrogens with zero attached hydrogens (tertiary/aromatic N) is 1. The standard InChI is InChI=1S/C82H139N3O9/c1-6-10-13-16-19-22-25-28-31-34-37-40-43-46-49-55-64-90-73-61-60-71(78(70-58-53-52-54-59-70)83-75(86)62-63-77(87)94-74-67-76(93-72(74)9-4)85-68-69(5)81(88)84-82(85)89)79(91-65-56-50-47-44-41-38-35-32-29-26-23-20-17-14-11-7-2)80(73)92-66-57-51-48-45-42-39-36-33-30-27-24-21-18-15-12-8-3/h52-54,58-61,68,72,74,76,78H,6-51,55-57,62-67H2,1-5H3,(H,83,86)(H,84,88,89). The Kier molecular flexibility index (Phi) is 48.3. The zero-order valence-electron chi connectivity index (χ0n) is 60.9. The second kappa shape index (κ2) is 55.4. The number of unbranched alkanes of at least 4 members (excludes halogenated alkanes) is 45. The lowest BCUT2D eigenvalue weighted by molar-refractivity contribution is -0.153. The highest BCUT2D eigenvalue weighted by atomic mass is 16.6. The Morgan fingerprint density at radius 3 is 1.28 bits per heavy atom. The van der Waals surface area contributed by atoms with Crippen LogP contribution in [0.5, 0.6) is 17.2 Å². The van der Waals surface area contributed by atoms with Crippen LogP contribution in [0.4, 0.5) is 0 Å². The van der Waals surface area contributed by atoms with E-state index in [0.29, 0.717) is 49.1 Å². The molecule has 0 radical (unpaired) electrons. The number of benzene rings is 2. The SMILES string of the molecule is CCCCCCCCCCCCCCCCCCOc1ccc(C(NC(=O)CCC(=O)OC2CC(n3cc(C)c(=O)[nH]c3=O)OC2CC)c2ccccc2)c(OCCCCCCCCCCCCCCCCCC)c1OCCCCCCCCCCCCCCCCCC. The van der Waals surface area contributed by atoms with Gasteiger partial charge in [-0.1, -0.05) is 347 Å². The molecule has 0 spiro atoms. The summed E-state index contributed by atoms with van der Waals surface area (Å²) >= 11 is 0. The molecule has 1 amide bonds. The van der Waals surface area contributed by atoms with Gasteiger partial charge in [0.15, 0.2) is 11.5 Å². The molecule has 0 saturated carbocycles. The molecule has 536 valence electrons. The van der Waals surface area contributed by atoms with Gasteiger partial charge < -0.3 is 29.0 Å². The molecular weight excluding hydrogens is 1170 g/mol. The van der Waals surface area contributed by atoms with Gasteiger partial charge in [0.2, 0.25) is 11.7 Å². The first-order chi connectivity index (χ1) is 46.2.